The van der Waals surface area contributed by atoms with Crippen LogP contribution in [-0.2, 0) is 0 Å². The molecule has 1 aromatic heterocycles. The summed E-state index contributed by atoms with van der Waals surface area (Å²) in [4.78, 5) is 29.1. The van der Waals surface area contributed by atoms with Crippen LogP contribution in [0.25, 0.3) is 22.5 Å². The third-order valence-corrected chi connectivity index (χ3v) is 27.7. The van der Waals surface area contributed by atoms with Crippen molar-refractivity contribution in [3.8, 4) is 22.5 Å². The molecule has 0 radical (unpaired) electrons. The highest BCUT2D eigenvalue weighted by Crippen LogP contribution is 2.66. The summed E-state index contributed by atoms with van der Waals surface area (Å²) < 4.78 is 5.66. The molecule has 3 heterocycles. The van der Waals surface area contributed by atoms with Gasteiger partial charge < -0.3 is 10.6 Å². The summed E-state index contributed by atoms with van der Waals surface area (Å²) >= 11 is 11.9. The van der Waals surface area contributed by atoms with E-state index in [0.29, 0.717) is 24.2 Å². The van der Waals surface area contributed by atoms with Crippen molar-refractivity contribution in [2.45, 2.75) is 371 Å². The van der Waals surface area contributed by atoms with E-state index in [1.807, 2.05) is 71.3 Å². The normalized spacial score (nSPS) is 13.1. The molecule has 12 heteroatoms. The van der Waals surface area contributed by atoms with Crippen molar-refractivity contribution in [1.82, 2.24) is 20.8 Å². The molecular weight excluding hydrogens is 1270 g/mol. The minimum Gasteiger partial charge on any atom is -0.352 e. The zero-order valence-electron chi connectivity index (χ0n) is 60.4. The second kappa shape index (κ2) is 56.8. The van der Waals surface area contributed by atoms with Gasteiger partial charge >= 0.3 is 0 Å². The molecule has 0 atom stereocenters. The fourth-order valence-electron chi connectivity index (χ4n) is 12.8. The molecule has 0 bridgehead atoms. The van der Waals surface area contributed by atoms with E-state index < -0.39 is 0 Å². The first-order valence-electron chi connectivity index (χ1n) is 39.6. The number of hydrogen-bond acceptors (Lipinski definition) is 10. The summed E-state index contributed by atoms with van der Waals surface area (Å²) in [5.74, 6) is 2.32. The highest BCUT2D eigenvalue weighted by molar-refractivity contribution is 8.42. The summed E-state index contributed by atoms with van der Waals surface area (Å²) in [5.41, 5.74) is 4.98. The standard InChI is InChI=1S/C82H134N4O2S6/c1-5-9-13-17-21-25-29-31-33-35-37-39-43-47-51-55-67-89-79-80(90-68-56-52-48-44-40-38-36-34-32-30-26-22-18-14-10-6-2)94-82(93-79)81-91-75-73(69-57-61-71(62-58-69)77(87)83-65-53-49-45-41-27-23-19-15-11-7-3)85-86-74(76(75)92-81)70-59-63-72(64-60-70)78(88)84-66-54-50-46-42-28-24-20-16-12-8-4/h57-64H,5-56,65-68H2,1-4H3,(H,83,87)(H,84,88). The Morgan fingerprint density at radius 1 is 0.298 bits per heavy atom. The van der Waals surface area contributed by atoms with Gasteiger partial charge in [0.25, 0.3) is 11.8 Å². The molecule has 0 saturated carbocycles. The molecule has 94 heavy (non-hydrogen) atoms. The predicted octanol–water partition coefficient (Wildman–Crippen LogP) is 29.0. The maximum Gasteiger partial charge on any atom is 0.251 e. The van der Waals surface area contributed by atoms with Crippen molar-refractivity contribution in [1.29, 1.82) is 0 Å². The zero-order valence-corrected chi connectivity index (χ0v) is 65.3. The lowest BCUT2D eigenvalue weighted by molar-refractivity contribution is 0.0944. The molecule has 2 aromatic carbocycles. The van der Waals surface area contributed by atoms with E-state index in [2.05, 4.69) is 86.1 Å². The lowest BCUT2D eigenvalue weighted by atomic mass is 10.0. The van der Waals surface area contributed by atoms with E-state index in [1.54, 1.807) is 0 Å². The quantitative estimate of drug-likeness (QED) is 0.0533. The first-order valence-corrected chi connectivity index (χ1v) is 44.8. The van der Waals surface area contributed by atoms with Gasteiger partial charge in [-0.2, -0.15) is 0 Å². The third kappa shape index (κ3) is 36.9. The number of rotatable bonds is 62. The minimum absolute atomic E-state index is 0.0169. The van der Waals surface area contributed by atoms with E-state index in [4.69, 9.17) is 10.2 Å². The number of hydrogen-bond donors (Lipinski definition) is 2. The monoisotopic (exact) mass is 1400 g/mol. The van der Waals surface area contributed by atoms with Crippen molar-refractivity contribution in [2.24, 2.45) is 0 Å². The van der Waals surface area contributed by atoms with E-state index in [-0.39, 0.29) is 11.8 Å². The number of thioether (sulfide) groups is 6. The van der Waals surface area contributed by atoms with E-state index >= 15 is 0 Å². The Labute approximate surface area is 603 Å². The number of nitrogens with zero attached hydrogens (tertiary/aromatic N) is 2. The Balaban J connectivity index is 1.20. The smallest absolute Gasteiger partial charge is 0.251 e. The van der Waals surface area contributed by atoms with E-state index in [0.717, 1.165) is 58.0 Å². The van der Waals surface area contributed by atoms with Gasteiger partial charge in [0.05, 0.1) is 26.7 Å². The second-order valence-corrected chi connectivity index (χ2v) is 34.8. The molecule has 2 aliphatic rings. The number of aromatic nitrogens is 2. The van der Waals surface area contributed by atoms with Gasteiger partial charge in [0.2, 0.25) is 0 Å². The summed E-state index contributed by atoms with van der Waals surface area (Å²) in [6.45, 7) is 10.6. The fraction of sp³-hybridized carbons (Fsp3) is 0.732. The highest BCUT2D eigenvalue weighted by atomic mass is 32.3. The van der Waals surface area contributed by atoms with Crippen LogP contribution in [0.1, 0.15) is 382 Å². The van der Waals surface area contributed by atoms with Gasteiger partial charge in [-0.3, -0.25) is 9.59 Å². The summed E-state index contributed by atoms with van der Waals surface area (Å²) in [6, 6.07) is 16.0. The van der Waals surface area contributed by atoms with Crippen LogP contribution < -0.4 is 10.6 Å². The summed E-state index contributed by atoms with van der Waals surface area (Å²) in [6.07, 6.45) is 70.3. The van der Waals surface area contributed by atoms with E-state index in [9.17, 15) is 9.59 Å². The van der Waals surface area contributed by atoms with Gasteiger partial charge in [0, 0.05) is 35.3 Å². The van der Waals surface area contributed by atoms with Gasteiger partial charge in [-0.05, 0) is 61.5 Å². The maximum absolute atomic E-state index is 13.4. The van der Waals surface area contributed by atoms with Crippen molar-refractivity contribution in [2.75, 3.05) is 24.6 Å². The number of fused-ring (bicyclic) bond motifs is 1. The molecule has 6 nitrogen and oxygen atoms in total. The Kier molecular flexibility index (Phi) is 49.9. The lowest BCUT2D eigenvalue weighted by Gasteiger charge is -2.11. The molecule has 2 aliphatic heterocycles. The van der Waals surface area contributed by atoms with Crippen molar-refractivity contribution in [3.05, 3.63) is 76.6 Å². The number of unbranched alkanes of at least 4 members (excludes halogenated alkanes) is 48. The molecule has 530 valence electrons. The van der Waals surface area contributed by atoms with Crippen molar-refractivity contribution >= 4 is 82.4 Å². The topological polar surface area (TPSA) is 84.0 Å². The number of benzene rings is 2. The molecule has 5 rings (SSSR count). The van der Waals surface area contributed by atoms with Crippen LogP contribution in [0.15, 0.2) is 75.3 Å². The lowest BCUT2D eigenvalue weighted by Crippen LogP contribution is -2.24. The third-order valence-electron chi connectivity index (χ3n) is 18.9. The zero-order chi connectivity index (χ0) is 66.4. The number of carbonyl (C=O) groups is 2. The van der Waals surface area contributed by atoms with Gasteiger partial charge in [-0.25, -0.2) is 0 Å². The average molecular weight is 1400 g/mol. The van der Waals surface area contributed by atoms with Crippen molar-refractivity contribution < 1.29 is 9.59 Å². The van der Waals surface area contributed by atoms with Crippen LogP contribution >= 0.6 is 70.6 Å². The first-order chi connectivity index (χ1) is 46.5. The molecular formula is C82H134N4O2S6. The summed E-state index contributed by atoms with van der Waals surface area (Å²) in [5, 5.41) is 16.4. The molecule has 0 saturated heterocycles. The fourth-order valence-corrected chi connectivity index (χ4v) is 21.8. The number of nitrogens with one attached hydrogen (secondary N) is 2. The SMILES string of the molecule is CCCCCCCCCCCCCCCCCCSC1=C(SCCCCCCCCCCCCCCCCCC)SC(=C2Sc3c(-c4ccc(C(=O)NCCCCCCCCCCCC)cc4)nnc(-c4ccc(C(=O)NCCCCCCCCCCCC)cc4)c3S2)S1. The maximum atomic E-state index is 13.4. The molecule has 0 unspecified atom stereocenters. The average Bonchev–Trinajstić information content (AvgIpc) is 1.58. The minimum atomic E-state index is -0.0169. The van der Waals surface area contributed by atoms with Gasteiger partial charge in [-0.15, -0.1) is 33.7 Å². The van der Waals surface area contributed by atoms with Crippen LogP contribution in [-0.4, -0.2) is 46.6 Å². The molecule has 3 aromatic rings. The number of amides is 2. The molecule has 0 fully saturated rings. The van der Waals surface area contributed by atoms with Gasteiger partial charge in [0.1, 0.15) is 11.4 Å². The Morgan fingerprint density at radius 2 is 0.521 bits per heavy atom. The Hall–Kier alpha value is -1.96. The molecule has 0 spiro atoms. The Morgan fingerprint density at radius 3 is 0.777 bits per heavy atom. The molecule has 2 amide bonds. The molecule has 2 N–H and O–H groups in total. The summed E-state index contributed by atoms with van der Waals surface area (Å²) in [7, 11) is 0. The van der Waals surface area contributed by atoms with Gasteiger partial charge in [-0.1, -0.05) is 407 Å². The predicted molar refractivity (Wildman–Crippen MR) is 426 cm³/mol. The second-order valence-electron chi connectivity index (χ2n) is 27.4. The van der Waals surface area contributed by atoms with Crippen LogP contribution in [0, 0.1) is 0 Å². The van der Waals surface area contributed by atoms with Crippen LogP contribution in [0.4, 0.5) is 0 Å². The van der Waals surface area contributed by atoms with Crippen LogP contribution in [0.2, 0.25) is 0 Å². The van der Waals surface area contributed by atoms with Crippen LogP contribution in [0.5, 0.6) is 0 Å². The van der Waals surface area contributed by atoms with E-state index in [1.165, 1.54) is 337 Å². The van der Waals surface area contributed by atoms with Crippen LogP contribution in [0.3, 0.4) is 0 Å². The highest BCUT2D eigenvalue weighted by Gasteiger charge is 2.34. The van der Waals surface area contributed by atoms with Crippen molar-refractivity contribution in [3.63, 3.8) is 0 Å². The number of carbonyl (C=O) groups excluding carboxylic acids is 2. The Bertz CT molecular complexity index is 2300. The molecule has 0 aliphatic carbocycles. The van der Waals surface area contributed by atoms with Gasteiger partial charge in [0.15, 0.2) is 0 Å². The first kappa shape index (κ1) is 82.7. The largest absolute Gasteiger partial charge is 0.352 e.